The van der Waals surface area contributed by atoms with E-state index in [2.05, 4.69) is 5.32 Å². The molecule has 2 aromatic carbocycles. The van der Waals surface area contributed by atoms with Gasteiger partial charge in [-0.2, -0.15) is 0 Å². The monoisotopic (exact) mass is 465 g/mol. The fourth-order valence-electron chi connectivity index (χ4n) is 5.36. The molecule has 2 bridgehead atoms. The van der Waals surface area contributed by atoms with E-state index in [4.69, 9.17) is 11.6 Å². The van der Waals surface area contributed by atoms with Gasteiger partial charge in [-0.1, -0.05) is 35.9 Å². The number of hydrogen-bond acceptors (Lipinski definition) is 5. The van der Waals surface area contributed by atoms with Gasteiger partial charge in [0.25, 0.3) is 5.69 Å². The molecule has 1 aliphatic heterocycles. The Morgan fingerprint density at radius 2 is 1.73 bits per heavy atom. The van der Waals surface area contributed by atoms with Crippen molar-refractivity contribution in [2.45, 2.75) is 18.9 Å². The Bertz CT molecular complexity index is 1160. The SMILES string of the molecule is O=C(CC(c1cccc([N+](=O)[O-])c1)N1C(=O)C2C3C=CC(C3)C2C1=O)Nc1ccc(Cl)cc1. The maximum Gasteiger partial charge on any atom is 0.269 e. The summed E-state index contributed by atoms with van der Waals surface area (Å²) in [6.45, 7) is 0. The summed E-state index contributed by atoms with van der Waals surface area (Å²) in [4.78, 5) is 51.7. The molecule has 0 aromatic heterocycles. The highest BCUT2D eigenvalue weighted by Gasteiger charge is 2.60. The highest BCUT2D eigenvalue weighted by molar-refractivity contribution is 6.30. The lowest BCUT2D eigenvalue weighted by molar-refractivity contribution is -0.385. The van der Waals surface area contributed by atoms with Gasteiger partial charge in [-0.3, -0.25) is 29.4 Å². The number of likely N-dealkylation sites (tertiary alicyclic amines) is 1. The maximum atomic E-state index is 13.4. The molecule has 0 spiro atoms. The lowest BCUT2D eigenvalue weighted by atomic mass is 9.85. The molecule has 2 fully saturated rings. The first-order valence-electron chi connectivity index (χ1n) is 10.7. The van der Waals surface area contributed by atoms with Gasteiger partial charge in [0, 0.05) is 22.8 Å². The van der Waals surface area contributed by atoms with Crippen LogP contribution in [0.25, 0.3) is 0 Å². The van der Waals surface area contributed by atoms with Crippen LogP contribution in [0.15, 0.2) is 60.7 Å². The smallest absolute Gasteiger partial charge is 0.269 e. The van der Waals surface area contributed by atoms with Crippen LogP contribution in [0.5, 0.6) is 0 Å². The average Bonchev–Trinajstić information content (AvgIpc) is 3.48. The van der Waals surface area contributed by atoms with Crippen molar-refractivity contribution < 1.29 is 19.3 Å². The van der Waals surface area contributed by atoms with Crippen LogP contribution < -0.4 is 5.32 Å². The standard InChI is InChI=1S/C24H20ClN3O5/c25-16-6-8-17(9-7-16)26-20(29)12-19(13-2-1-3-18(11-13)28(32)33)27-23(30)21-14-4-5-15(10-14)22(21)24(27)31/h1-9,11,14-15,19,21-22H,10,12H2,(H,26,29). The zero-order valence-electron chi connectivity index (χ0n) is 17.4. The molecule has 1 saturated heterocycles. The van der Waals surface area contributed by atoms with E-state index in [9.17, 15) is 24.5 Å². The summed E-state index contributed by atoms with van der Waals surface area (Å²) in [6, 6.07) is 11.4. The third-order valence-corrected chi connectivity index (χ3v) is 7.04. The summed E-state index contributed by atoms with van der Waals surface area (Å²) in [5.74, 6) is -1.84. The molecule has 2 aliphatic carbocycles. The second kappa shape index (κ2) is 8.12. The number of halogens is 1. The van der Waals surface area contributed by atoms with Crippen LogP contribution in [0, 0.1) is 33.8 Å². The average molecular weight is 466 g/mol. The quantitative estimate of drug-likeness (QED) is 0.298. The Labute approximate surface area is 194 Å². The lowest BCUT2D eigenvalue weighted by Crippen LogP contribution is -2.38. The molecule has 5 unspecified atom stereocenters. The van der Waals surface area contributed by atoms with Crippen molar-refractivity contribution in [2.75, 3.05) is 5.32 Å². The molecule has 1 heterocycles. The number of rotatable bonds is 6. The van der Waals surface area contributed by atoms with E-state index in [1.165, 1.54) is 23.1 Å². The van der Waals surface area contributed by atoms with Gasteiger partial charge >= 0.3 is 0 Å². The van der Waals surface area contributed by atoms with Crippen LogP contribution in [0.3, 0.4) is 0 Å². The van der Waals surface area contributed by atoms with Gasteiger partial charge in [-0.15, -0.1) is 0 Å². The van der Waals surface area contributed by atoms with Crippen LogP contribution in [-0.2, 0) is 14.4 Å². The molecule has 2 aromatic rings. The summed E-state index contributed by atoms with van der Waals surface area (Å²) in [7, 11) is 0. The van der Waals surface area contributed by atoms with Crippen molar-refractivity contribution in [3.8, 4) is 0 Å². The molecule has 1 saturated carbocycles. The molecule has 0 radical (unpaired) electrons. The number of benzene rings is 2. The topological polar surface area (TPSA) is 110 Å². The van der Waals surface area contributed by atoms with Gasteiger partial charge in [0.05, 0.1) is 29.2 Å². The van der Waals surface area contributed by atoms with E-state index >= 15 is 0 Å². The van der Waals surface area contributed by atoms with Gasteiger partial charge in [-0.25, -0.2) is 0 Å². The molecule has 8 nitrogen and oxygen atoms in total. The Kier molecular flexibility index (Phi) is 5.25. The van der Waals surface area contributed by atoms with E-state index < -0.39 is 28.7 Å². The number of fused-ring (bicyclic) bond motifs is 5. The molecule has 1 N–H and O–H groups in total. The predicted octanol–water partition coefficient (Wildman–Crippen LogP) is 4.13. The van der Waals surface area contributed by atoms with Gasteiger partial charge < -0.3 is 5.32 Å². The summed E-state index contributed by atoms with van der Waals surface area (Å²) >= 11 is 5.89. The molecule has 3 aliphatic rings. The fourth-order valence-corrected chi connectivity index (χ4v) is 5.48. The molecule has 3 amide bonds. The number of carbonyl (C=O) groups excluding carboxylic acids is 3. The number of hydrogen-bond donors (Lipinski definition) is 1. The first kappa shape index (κ1) is 21.3. The number of carbonyl (C=O) groups is 3. The molecule has 5 atom stereocenters. The van der Waals surface area contributed by atoms with Crippen molar-refractivity contribution >= 4 is 40.7 Å². The van der Waals surface area contributed by atoms with Crippen LogP contribution >= 0.6 is 11.6 Å². The Hall–Kier alpha value is -3.52. The summed E-state index contributed by atoms with van der Waals surface area (Å²) in [6.07, 6.45) is 4.56. The van der Waals surface area contributed by atoms with Gasteiger partial charge in [0.15, 0.2) is 0 Å². The highest BCUT2D eigenvalue weighted by atomic mass is 35.5. The molecule has 168 valence electrons. The minimum absolute atomic E-state index is 0.0232. The molecule has 33 heavy (non-hydrogen) atoms. The molecule has 9 heteroatoms. The number of nitrogens with zero attached hydrogens (tertiary/aromatic N) is 2. The van der Waals surface area contributed by atoms with Crippen LogP contribution in [-0.4, -0.2) is 27.5 Å². The summed E-state index contributed by atoms with van der Waals surface area (Å²) < 4.78 is 0. The molecular weight excluding hydrogens is 446 g/mol. The zero-order chi connectivity index (χ0) is 23.3. The van der Waals surface area contributed by atoms with Crippen molar-refractivity contribution in [1.29, 1.82) is 0 Å². The second-order valence-electron chi connectivity index (χ2n) is 8.67. The normalized spacial score (nSPS) is 25.9. The van der Waals surface area contributed by atoms with Crippen molar-refractivity contribution in [2.24, 2.45) is 23.7 Å². The minimum Gasteiger partial charge on any atom is -0.326 e. The number of allylic oxidation sites excluding steroid dienone is 2. The van der Waals surface area contributed by atoms with Crippen molar-refractivity contribution in [1.82, 2.24) is 4.90 Å². The van der Waals surface area contributed by atoms with Crippen molar-refractivity contribution in [3.05, 3.63) is 81.4 Å². The van der Waals surface area contributed by atoms with Gasteiger partial charge in [-0.05, 0) is 48.1 Å². The zero-order valence-corrected chi connectivity index (χ0v) is 18.1. The predicted molar refractivity (Wildman–Crippen MR) is 120 cm³/mol. The first-order valence-corrected chi connectivity index (χ1v) is 11.1. The Balaban J connectivity index is 1.47. The fraction of sp³-hybridized carbons (Fsp3) is 0.292. The first-order chi connectivity index (χ1) is 15.8. The number of anilines is 1. The second-order valence-corrected chi connectivity index (χ2v) is 9.11. The molecular formula is C24H20ClN3O5. The van der Waals surface area contributed by atoms with Crippen LogP contribution in [0.2, 0.25) is 5.02 Å². The number of nitro groups is 1. The summed E-state index contributed by atoms with van der Waals surface area (Å²) in [5, 5.41) is 14.6. The number of imide groups is 1. The van der Waals surface area contributed by atoms with Gasteiger partial charge in [0.1, 0.15) is 0 Å². The van der Waals surface area contributed by atoms with E-state index in [0.29, 0.717) is 16.3 Å². The number of nitrogens with one attached hydrogen (secondary N) is 1. The lowest BCUT2D eigenvalue weighted by Gasteiger charge is -2.28. The third kappa shape index (κ3) is 3.70. The minimum atomic E-state index is -0.942. The third-order valence-electron chi connectivity index (χ3n) is 6.79. The van der Waals surface area contributed by atoms with E-state index in [1.807, 2.05) is 12.2 Å². The Morgan fingerprint density at radius 1 is 1.09 bits per heavy atom. The van der Waals surface area contributed by atoms with Crippen LogP contribution in [0.1, 0.15) is 24.4 Å². The van der Waals surface area contributed by atoms with E-state index in [0.717, 1.165) is 6.42 Å². The molecule has 5 rings (SSSR count). The van der Waals surface area contributed by atoms with Crippen LogP contribution in [0.4, 0.5) is 11.4 Å². The van der Waals surface area contributed by atoms with Crippen molar-refractivity contribution in [3.63, 3.8) is 0 Å². The maximum absolute atomic E-state index is 13.4. The Morgan fingerprint density at radius 3 is 2.33 bits per heavy atom. The number of nitro benzene ring substituents is 1. The summed E-state index contributed by atoms with van der Waals surface area (Å²) in [5.41, 5.74) is 0.717. The van der Waals surface area contributed by atoms with E-state index in [-0.39, 0.29) is 35.8 Å². The van der Waals surface area contributed by atoms with E-state index in [1.54, 1.807) is 30.3 Å². The van der Waals surface area contributed by atoms with Gasteiger partial charge in [0.2, 0.25) is 17.7 Å². The number of non-ortho nitro benzene ring substituents is 1. The largest absolute Gasteiger partial charge is 0.326 e. The highest BCUT2D eigenvalue weighted by Crippen LogP contribution is 2.54. The number of amides is 3.